The second-order valence-electron chi connectivity index (χ2n) is 5.70. The van der Waals surface area contributed by atoms with Gasteiger partial charge in [0.15, 0.2) is 0 Å². The Hall–Kier alpha value is -3.70. The zero-order valence-corrected chi connectivity index (χ0v) is 15.1. The Bertz CT molecular complexity index is 1020. The molecule has 0 spiro atoms. The van der Waals surface area contributed by atoms with Gasteiger partial charge in [0.05, 0.1) is 7.11 Å². The molecule has 0 radical (unpaired) electrons. The second kappa shape index (κ2) is 8.12. The van der Waals surface area contributed by atoms with Gasteiger partial charge in [0.1, 0.15) is 18.2 Å². The van der Waals surface area contributed by atoms with Crippen molar-refractivity contribution in [3.8, 4) is 17.1 Å². The predicted octanol–water partition coefficient (Wildman–Crippen LogP) is 3.61. The van der Waals surface area contributed by atoms with Gasteiger partial charge in [-0.15, -0.1) is 0 Å². The summed E-state index contributed by atoms with van der Waals surface area (Å²) in [7, 11) is 1.48. The number of carbonyl (C=O) groups is 1. The molecule has 1 amide bonds. The molecule has 3 rings (SSSR count). The van der Waals surface area contributed by atoms with Gasteiger partial charge in [-0.25, -0.2) is 9.78 Å². The number of hydrogen-bond acceptors (Lipinski definition) is 8. The Morgan fingerprint density at radius 3 is 2.76 bits per heavy atom. The van der Waals surface area contributed by atoms with Crippen molar-refractivity contribution in [2.75, 3.05) is 12.4 Å². The van der Waals surface area contributed by atoms with E-state index in [0.717, 1.165) is 0 Å². The quantitative estimate of drug-likeness (QED) is 0.680. The van der Waals surface area contributed by atoms with E-state index in [1.165, 1.54) is 25.6 Å². The third-order valence-corrected chi connectivity index (χ3v) is 3.66. The van der Waals surface area contributed by atoms with Crippen LogP contribution in [0.2, 0.25) is 0 Å². The predicted molar refractivity (Wildman–Crippen MR) is 91.9 cm³/mol. The summed E-state index contributed by atoms with van der Waals surface area (Å²) < 4.78 is 52.1. The van der Waals surface area contributed by atoms with Crippen LogP contribution in [0.1, 0.15) is 17.0 Å². The van der Waals surface area contributed by atoms with E-state index in [-0.39, 0.29) is 23.8 Å². The molecule has 0 unspecified atom stereocenters. The maximum absolute atomic E-state index is 12.6. The van der Waals surface area contributed by atoms with Crippen molar-refractivity contribution in [3.05, 3.63) is 47.7 Å². The molecule has 3 heterocycles. The zero-order valence-electron chi connectivity index (χ0n) is 15.1. The smallest absolute Gasteiger partial charge is 0.471 e. The van der Waals surface area contributed by atoms with E-state index < -0.39 is 18.2 Å². The van der Waals surface area contributed by atoms with Crippen LogP contribution in [-0.2, 0) is 17.5 Å². The van der Waals surface area contributed by atoms with Crippen molar-refractivity contribution in [3.63, 3.8) is 0 Å². The van der Waals surface area contributed by atoms with Crippen LogP contribution in [0.5, 0.6) is 5.75 Å². The van der Waals surface area contributed by atoms with Gasteiger partial charge in [-0.3, -0.25) is 10.3 Å². The monoisotopic (exact) mass is 409 g/mol. The molecule has 9 nitrogen and oxygen atoms in total. The van der Waals surface area contributed by atoms with E-state index >= 15 is 0 Å². The van der Waals surface area contributed by atoms with Crippen LogP contribution < -0.4 is 10.1 Å². The molecule has 12 heteroatoms. The number of nitrogens with one attached hydrogen (secondary N) is 1. The summed E-state index contributed by atoms with van der Waals surface area (Å²) in [5, 5.41) is 5.74. The van der Waals surface area contributed by atoms with E-state index in [4.69, 9.17) is 9.47 Å². The van der Waals surface area contributed by atoms with Crippen molar-refractivity contribution in [1.82, 2.24) is 20.1 Å². The summed E-state index contributed by atoms with van der Waals surface area (Å²) in [5.41, 5.74) is 1.22. The minimum Gasteiger partial charge on any atom is -0.496 e. The maximum atomic E-state index is 12.6. The first-order valence-electron chi connectivity index (χ1n) is 8.06. The fourth-order valence-electron chi connectivity index (χ4n) is 2.28. The van der Waals surface area contributed by atoms with Crippen LogP contribution in [0.15, 0.2) is 35.2 Å². The fraction of sp³-hybridized carbons (Fsp3) is 0.235. The van der Waals surface area contributed by atoms with Crippen molar-refractivity contribution >= 4 is 11.9 Å². The van der Waals surface area contributed by atoms with E-state index in [2.05, 4.69) is 29.9 Å². The lowest BCUT2D eigenvalue weighted by atomic mass is 10.2. The van der Waals surface area contributed by atoms with E-state index in [1.54, 1.807) is 19.2 Å². The minimum atomic E-state index is -4.74. The molecule has 3 aromatic heterocycles. The zero-order chi connectivity index (χ0) is 21.0. The van der Waals surface area contributed by atoms with Gasteiger partial charge in [0.25, 0.3) is 0 Å². The van der Waals surface area contributed by atoms with Gasteiger partial charge in [0.2, 0.25) is 5.82 Å². The lowest BCUT2D eigenvalue weighted by Gasteiger charge is -2.10. The Morgan fingerprint density at radius 2 is 2.10 bits per heavy atom. The minimum absolute atomic E-state index is 0.0803. The first-order valence-corrected chi connectivity index (χ1v) is 8.06. The Balaban J connectivity index is 1.66. The van der Waals surface area contributed by atoms with Gasteiger partial charge in [-0.2, -0.15) is 18.2 Å². The number of pyridine rings is 2. The van der Waals surface area contributed by atoms with Crippen molar-refractivity contribution in [1.29, 1.82) is 0 Å². The molecule has 0 aliphatic heterocycles. The topological polar surface area (TPSA) is 112 Å². The number of aryl methyl sites for hydroxylation is 1. The number of amides is 1. The summed E-state index contributed by atoms with van der Waals surface area (Å²) >= 11 is 0. The number of anilines is 1. The highest BCUT2D eigenvalue weighted by Gasteiger charge is 2.38. The number of halogens is 3. The summed E-state index contributed by atoms with van der Waals surface area (Å²) in [6.07, 6.45) is -1.27. The molecule has 0 atom stereocenters. The molecule has 0 saturated heterocycles. The molecule has 0 aromatic carbocycles. The molecule has 152 valence electrons. The average Bonchev–Trinajstić information content (AvgIpc) is 3.19. The average molecular weight is 409 g/mol. The van der Waals surface area contributed by atoms with E-state index in [0.29, 0.717) is 16.9 Å². The van der Waals surface area contributed by atoms with Crippen LogP contribution in [0.25, 0.3) is 11.4 Å². The molecule has 0 bridgehead atoms. The fourth-order valence-corrected chi connectivity index (χ4v) is 2.28. The van der Waals surface area contributed by atoms with Gasteiger partial charge < -0.3 is 14.0 Å². The van der Waals surface area contributed by atoms with Crippen molar-refractivity contribution in [2.24, 2.45) is 0 Å². The van der Waals surface area contributed by atoms with Gasteiger partial charge in [-0.05, 0) is 24.6 Å². The number of hydrogen-bond donors (Lipinski definition) is 1. The maximum Gasteiger partial charge on any atom is 0.471 e. The molecular formula is C17H14F3N5O4. The number of ether oxygens (including phenoxy) is 2. The SMILES string of the molecule is COc1ccncc1COC(=O)Nc1ncc(-c2noc(C(F)(F)F)n2)cc1C. The first kappa shape index (κ1) is 20.0. The highest BCUT2D eigenvalue weighted by Crippen LogP contribution is 2.29. The molecule has 0 fully saturated rings. The Kier molecular flexibility index (Phi) is 5.61. The lowest BCUT2D eigenvalue weighted by Crippen LogP contribution is -2.15. The highest BCUT2D eigenvalue weighted by atomic mass is 19.4. The third kappa shape index (κ3) is 4.78. The van der Waals surface area contributed by atoms with Crippen LogP contribution in [0.3, 0.4) is 0 Å². The molecule has 29 heavy (non-hydrogen) atoms. The highest BCUT2D eigenvalue weighted by molar-refractivity contribution is 5.84. The first-order chi connectivity index (χ1) is 13.8. The van der Waals surface area contributed by atoms with Gasteiger partial charge in [-0.1, -0.05) is 5.16 Å². The van der Waals surface area contributed by atoms with Gasteiger partial charge in [0, 0.05) is 29.7 Å². The molecule has 0 aliphatic carbocycles. The molecule has 1 N–H and O–H groups in total. The van der Waals surface area contributed by atoms with E-state index in [9.17, 15) is 18.0 Å². The van der Waals surface area contributed by atoms with Crippen LogP contribution >= 0.6 is 0 Å². The summed E-state index contributed by atoms with van der Waals surface area (Å²) in [5.74, 6) is -1.05. The second-order valence-corrected chi connectivity index (χ2v) is 5.70. The number of carbonyl (C=O) groups excluding carboxylic acids is 1. The number of nitrogens with zero attached hydrogens (tertiary/aromatic N) is 4. The molecule has 3 aromatic rings. The normalized spacial score (nSPS) is 11.2. The Morgan fingerprint density at radius 1 is 1.31 bits per heavy atom. The Labute approximate surface area is 161 Å². The largest absolute Gasteiger partial charge is 0.496 e. The standard InChI is InChI=1S/C17H14F3N5O4/c1-9-5-10(14-23-15(29-25-14)17(18,19)20)7-22-13(9)24-16(26)28-8-11-6-21-4-3-12(11)27-2/h3-7H,8H2,1-2H3,(H,22,24,26). The lowest BCUT2D eigenvalue weighted by molar-refractivity contribution is -0.159. The number of methoxy groups -OCH3 is 1. The molecule has 0 saturated carbocycles. The molecular weight excluding hydrogens is 395 g/mol. The van der Waals surface area contributed by atoms with Crippen LogP contribution in [-0.4, -0.2) is 33.3 Å². The summed E-state index contributed by atoms with van der Waals surface area (Å²) in [4.78, 5) is 23.2. The molecule has 0 aliphatic rings. The van der Waals surface area contributed by atoms with Crippen LogP contribution in [0, 0.1) is 6.92 Å². The van der Waals surface area contributed by atoms with Crippen LogP contribution in [0.4, 0.5) is 23.8 Å². The van der Waals surface area contributed by atoms with Crippen molar-refractivity contribution in [2.45, 2.75) is 19.7 Å². The number of alkyl halides is 3. The number of rotatable bonds is 5. The third-order valence-electron chi connectivity index (χ3n) is 3.66. The van der Waals surface area contributed by atoms with Crippen molar-refractivity contribution < 1.29 is 32.0 Å². The number of aromatic nitrogens is 4. The summed E-state index contributed by atoms with van der Waals surface area (Å²) in [6, 6.07) is 3.08. The summed E-state index contributed by atoms with van der Waals surface area (Å²) in [6.45, 7) is 1.52. The van der Waals surface area contributed by atoms with E-state index in [1.807, 2.05) is 0 Å². The van der Waals surface area contributed by atoms with Gasteiger partial charge >= 0.3 is 18.2 Å².